The molecule has 27 heavy (non-hydrogen) atoms. The van der Waals surface area contributed by atoms with E-state index in [2.05, 4.69) is 20.1 Å². The molecule has 2 rings (SSSR count). The van der Waals surface area contributed by atoms with Gasteiger partial charge >= 0.3 is 0 Å². The highest BCUT2D eigenvalue weighted by molar-refractivity contribution is 14.0. The normalized spacial score (nSPS) is 16.1. The molecule has 1 saturated heterocycles. The zero-order valence-corrected chi connectivity index (χ0v) is 19.6. The molecule has 1 aromatic carbocycles. The van der Waals surface area contributed by atoms with Gasteiger partial charge in [-0.05, 0) is 32.9 Å². The highest BCUT2D eigenvalue weighted by Crippen LogP contribution is 2.27. The summed E-state index contributed by atoms with van der Waals surface area (Å²) in [5.74, 6) is 1.08. The van der Waals surface area contributed by atoms with Gasteiger partial charge in [0.25, 0.3) is 0 Å². The first-order chi connectivity index (χ1) is 12.2. The maximum atomic E-state index is 12.2. The van der Waals surface area contributed by atoms with E-state index in [1.165, 1.54) is 0 Å². The van der Waals surface area contributed by atoms with Gasteiger partial charge in [0.2, 0.25) is 0 Å². The van der Waals surface area contributed by atoms with Crippen LogP contribution in [0, 0.1) is 0 Å². The predicted octanol–water partition coefficient (Wildman–Crippen LogP) is 1.92. The van der Waals surface area contributed by atoms with Crippen molar-refractivity contribution in [2.75, 3.05) is 50.4 Å². The van der Waals surface area contributed by atoms with E-state index in [9.17, 15) is 13.5 Å². The van der Waals surface area contributed by atoms with Crippen LogP contribution in [-0.2, 0) is 9.84 Å². The van der Waals surface area contributed by atoms with E-state index in [1.807, 2.05) is 18.2 Å². The number of hydrogen-bond acceptors (Lipinski definition) is 5. The lowest BCUT2D eigenvalue weighted by Crippen LogP contribution is -2.53. The third-order valence-electron chi connectivity index (χ3n) is 4.60. The smallest absolute Gasteiger partial charge is 0.193 e. The zero-order valence-electron chi connectivity index (χ0n) is 16.5. The average molecular weight is 510 g/mol. The molecule has 1 aliphatic heterocycles. The van der Waals surface area contributed by atoms with Gasteiger partial charge in [-0.3, -0.25) is 4.99 Å². The van der Waals surface area contributed by atoms with Crippen molar-refractivity contribution in [2.24, 2.45) is 4.99 Å². The number of anilines is 1. The Balaban J connectivity index is 0.00000364. The number of benzene rings is 1. The van der Waals surface area contributed by atoms with Crippen molar-refractivity contribution in [3.63, 3.8) is 0 Å². The van der Waals surface area contributed by atoms with Crippen LogP contribution in [0.2, 0.25) is 0 Å². The van der Waals surface area contributed by atoms with Crippen molar-refractivity contribution < 1.29 is 13.5 Å². The molecule has 1 heterocycles. The molecule has 2 N–H and O–H groups in total. The van der Waals surface area contributed by atoms with Gasteiger partial charge in [0, 0.05) is 39.8 Å². The number of para-hydroxylation sites is 2. The topological polar surface area (TPSA) is 85.2 Å². The molecule has 0 aromatic heterocycles. The third-order valence-corrected chi connectivity index (χ3v) is 7.21. The number of nitrogens with one attached hydrogen (secondary N) is 1. The highest BCUT2D eigenvalue weighted by atomic mass is 127. The van der Waals surface area contributed by atoms with Crippen molar-refractivity contribution in [1.82, 2.24) is 10.2 Å². The molecule has 0 saturated carbocycles. The van der Waals surface area contributed by atoms with Gasteiger partial charge in [0.1, 0.15) is 5.75 Å². The molecule has 7 nitrogen and oxygen atoms in total. The fourth-order valence-corrected chi connectivity index (χ4v) is 3.81. The number of rotatable bonds is 4. The van der Waals surface area contributed by atoms with E-state index in [1.54, 1.807) is 33.9 Å². The Morgan fingerprint density at radius 2 is 1.78 bits per heavy atom. The lowest BCUT2D eigenvalue weighted by atomic mass is 10.2. The number of nitrogens with zero attached hydrogens (tertiary/aromatic N) is 3. The lowest BCUT2D eigenvalue weighted by molar-refractivity contribution is 0.370. The number of aliphatic imine (C=N–C) groups is 1. The van der Waals surface area contributed by atoms with Crippen molar-refractivity contribution in [2.45, 2.75) is 25.5 Å². The number of halogens is 1. The highest BCUT2D eigenvalue weighted by Gasteiger charge is 2.28. The van der Waals surface area contributed by atoms with E-state index in [0.717, 1.165) is 31.9 Å². The first kappa shape index (κ1) is 23.8. The molecule has 0 bridgehead atoms. The van der Waals surface area contributed by atoms with Crippen LogP contribution < -0.4 is 10.2 Å². The molecule has 0 atom stereocenters. The number of aromatic hydroxyl groups is 1. The predicted molar refractivity (Wildman–Crippen MR) is 122 cm³/mol. The van der Waals surface area contributed by atoms with Gasteiger partial charge < -0.3 is 20.2 Å². The number of sulfone groups is 1. The molecule has 0 amide bonds. The second-order valence-corrected chi connectivity index (χ2v) is 10.2. The molecule has 1 aliphatic rings. The molecule has 0 aliphatic carbocycles. The van der Waals surface area contributed by atoms with Crippen LogP contribution >= 0.6 is 24.0 Å². The summed E-state index contributed by atoms with van der Waals surface area (Å²) >= 11 is 0. The van der Waals surface area contributed by atoms with Crippen molar-refractivity contribution in [1.29, 1.82) is 0 Å². The summed E-state index contributed by atoms with van der Waals surface area (Å²) in [6, 6.07) is 7.33. The van der Waals surface area contributed by atoms with Gasteiger partial charge in [0.05, 0.1) is 16.2 Å². The molecular weight excluding hydrogens is 479 g/mol. The first-order valence-electron chi connectivity index (χ1n) is 8.86. The Bertz CT molecular complexity index is 739. The number of hydrogen-bond donors (Lipinski definition) is 2. The maximum Gasteiger partial charge on any atom is 0.193 e. The number of phenols is 1. The Kier molecular flexibility index (Phi) is 8.65. The van der Waals surface area contributed by atoms with Crippen LogP contribution in [0.25, 0.3) is 0 Å². The van der Waals surface area contributed by atoms with Crippen LogP contribution in [0.1, 0.15) is 20.8 Å². The minimum atomic E-state index is -3.15. The SMILES string of the molecule is CN=C(NCCS(=O)(=O)C(C)(C)C)N1CCN(c2ccccc2O)CC1.I. The van der Waals surface area contributed by atoms with Crippen LogP contribution in [0.15, 0.2) is 29.3 Å². The van der Waals surface area contributed by atoms with Gasteiger partial charge in [0.15, 0.2) is 15.8 Å². The van der Waals surface area contributed by atoms with Crippen LogP contribution in [0.5, 0.6) is 5.75 Å². The summed E-state index contributed by atoms with van der Waals surface area (Å²) in [6.07, 6.45) is 0. The minimum Gasteiger partial charge on any atom is -0.506 e. The van der Waals surface area contributed by atoms with E-state index < -0.39 is 14.6 Å². The van der Waals surface area contributed by atoms with E-state index in [4.69, 9.17) is 0 Å². The molecular formula is C18H31IN4O3S. The summed E-state index contributed by atoms with van der Waals surface area (Å²) in [5, 5.41) is 13.2. The molecule has 0 radical (unpaired) electrons. The number of guanidine groups is 1. The number of piperazine rings is 1. The quantitative estimate of drug-likeness (QED) is 0.366. The van der Waals surface area contributed by atoms with Crippen molar-refractivity contribution in [3.05, 3.63) is 24.3 Å². The Morgan fingerprint density at radius 3 is 2.30 bits per heavy atom. The van der Waals surface area contributed by atoms with Gasteiger partial charge in [-0.2, -0.15) is 0 Å². The second-order valence-electron chi connectivity index (χ2n) is 7.37. The Morgan fingerprint density at radius 1 is 1.19 bits per heavy atom. The van der Waals surface area contributed by atoms with E-state index in [-0.39, 0.29) is 35.5 Å². The molecule has 1 aromatic rings. The largest absolute Gasteiger partial charge is 0.506 e. The summed E-state index contributed by atoms with van der Waals surface area (Å²) in [7, 11) is -1.45. The van der Waals surface area contributed by atoms with Crippen LogP contribution in [0.3, 0.4) is 0 Å². The van der Waals surface area contributed by atoms with Gasteiger partial charge in [-0.1, -0.05) is 12.1 Å². The molecule has 0 unspecified atom stereocenters. The zero-order chi connectivity index (χ0) is 19.4. The minimum absolute atomic E-state index is 0. The number of phenolic OH excluding ortho intramolecular Hbond substituents is 1. The summed E-state index contributed by atoms with van der Waals surface area (Å²) < 4.78 is 23.7. The lowest BCUT2D eigenvalue weighted by Gasteiger charge is -2.37. The summed E-state index contributed by atoms with van der Waals surface area (Å²) in [5.41, 5.74) is 0.839. The van der Waals surface area contributed by atoms with Gasteiger partial charge in [-0.15, -0.1) is 24.0 Å². The van der Waals surface area contributed by atoms with Crippen molar-refractivity contribution >= 4 is 45.5 Å². The summed E-state index contributed by atoms with van der Waals surface area (Å²) in [6.45, 7) is 8.52. The fourth-order valence-electron chi connectivity index (χ4n) is 2.83. The van der Waals surface area contributed by atoms with Crippen molar-refractivity contribution in [3.8, 4) is 5.75 Å². The molecule has 0 spiro atoms. The standard InChI is InChI=1S/C18H30N4O3S.HI/c1-18(2,3)26(24,25)14-9-20-17(19-4)22-12-10-21(11-13-22)15-7-5-6-8-16(15)23;/h5-8,23H,9-14H2,1-4H3,(H,19,20);1H. The maximum absolute atomic E-state index is 12.2. The van der Waals surface area contributed by atoms with E-state index >= 15 is 0 Å². The van der Waals surface area contributed by atoms with Gasteiger partial charge in [-0.25, -0.2) is 8.42 Å². The molecule has 1 fully saturated rings. The monoisotopic (exact) mass is 510 g/mol. The molecule has 154 valence electrons. The third kappa shape index (κ3) is 6.13. The summed E-state index contributed by atoms with van der Waals surface area (Å²) in [4.78, 5) is 8.53. The van der Waals surface area contributed by atoms with Crippen LogP contribution in [0.4, 0.5) is 5.69 Å². The average Bonchev–Trinajstić information content (AvgIpc) is 2.58. The second kappa shape index (κ2) is 9.81. The fraction of sp³-hybridized carbons (Fsp3) is 0.611. The van der Waals surface area contributed by atoms with Crippen LogP contribution in [-0.4, -0.2) is 74.7 Å². The first-order valence-corrected chi connectivity index (χ1v) is 10.5. The van der Waals surface area contributed by atoms with E-state index in [0.29, 0.717) is 12.5 Å². The molecule has 9 heteroatoms. The Hall–Kier alpha value is -1.23. The Labute approximate surface area is 179 Å².